The number of anilines is 2. The summed E-state index contributed by atoms with van der Waals surface area (Å²) in [7, 11) is -2.14. The minimum atomic E-state index is -3.80. The van der Waals surface area contributed by atoms with Crippen LogP contribution in [0.4, 0.5) is 11.4 Å². The van der Waals surface area contributed by atoms with E-state index in [0.717, 1.165) is 24.5 Å². The standard InChI is InChI=1S/C16H20N4O3S/c1-23-15-5-3-2-4-13(15)19-8-10-20(11-9-19)14-6-7-18-12-16(14)24(17,21)22/h2-7,12H,8-11H2,1H3,(H2,17,21,22). The van der Waals surface area contributed by atoms with E-state index >= 15 is 0 Å². The first kappa shape index (κ1) is 16.5. The maximum absolute atomic E-state index is 11.7. The fourth-order valence-corrected chi connectivity index (χ4v) is 3.63. The fourth-order valence-electron chi connectivity index (χ4n) is 2.93. The van der Waals surface area contributed by atoms with Crippen LogP contribution in [0.1, 0.15) is 0 Å². The number of rotatable bonds is 4. The maximum atomic E-state index is 11.7. The third-order valence-corrected chi connectivity index (χ3v) is 5.04. The minimum Gasteiger partial charge on any atom is -0.495 e. The van der Waals surface area contributed by atoms with Crippen molar-refractivity contribution in [1.29, 1.82) is 0 Å². The molecule has 0 aliphatic carbocycles. The van der Waals surface area contributed by atoms with Gasteiger partial charge in [-0.3, -0.25) is 4.98 Å². The number of pyridine rings is 1. The lowest BCUT2D eigenvalue weighted by Crippen LogP contribution is -2.47. The van der Waals surface area contributed by atoms with Gasteiger partial charge in [0.15, 0.2) is 0 Å². The molecule has 1 aliphatic rings. The first-order chi connectivity index (χ1) is 11.5. The number of piperazine rings is 1. The van der Waals surface area contributed by atoms with Gasteiger partial charge in [-0.25, -0.2) is 13.6 Å². The predicted molar refractivity (Wildman–Crippen MR) is 93.0 cm³/mol. The lowest BCUT2D eigenvalue weighted by Gasteiger charge is -2.38. The van der Waals surface area contributed by atoms with Gasteiger partial charge in [0.1, 0.15) is 10.6 Å². The maximum Gasteiger partial charge on any atom is 0.241 e. The van der Waals surface area contributed by atoms with E-state index in [0.29, 0.717) is 18.8 Å². The van der Waals surface area contributed by atoms with Crippen molar-refractivity contribution in [2.24, 2.45) is 5.14 Å². The summed E-state index contributed by atoms with van der Waals surface area (Å²) >= 11 is 0. The average Bonchev–Trinajstić information content (AvgIpc) is 2.61. The van der Waals surface area contributed by atoms with E-state index in [2.05, 4.69) is 9.88 Å². The summed E-state index contributed by atoms with van der Waals surface area (Å²) in [5.41, 5.74) is 1.65. The highest BCUT2D eigenvalue weighted by molar-refractivity contribution is 7.89. The summed E-state index contributed by atoms with van der Waals surface area (Å²) < 4.78 is 28.9. The Morgan fingerprint density at radius 1 is 1.04 bits per heavy atom. The van der Waals surface area contributed by atoms with Crippen LogP contribution in [-0.2, 0) is 10.0 Å². The molecule has 1 aromatic heterocycles. The molecule has 1 aromatic carbocycles. The molecule has 0 radical (unpaired) electrons. The molecule has 2 aromatic rings. The van der Waals surface area contributed by atoms with Crippen molar-refractivity contribution < 1.29 is 13.2 Å². The number of nitrogens with two attached hydrogens (primary N) is 1. The van der Waals surface area contributed by atoms with Crippen LogP contribution in [-0.4, -0.2) is 46.7 Å². The van der Waals surface area contributed by atoms with E-state index in [-0.39, 0.29) is 4.90 Å². The zero-order chi connectivity index (χ0) is 17.2. The van der Waals surface area contributed by atoms with Gasteiger partial charge in [-0.2, -0.15) is 0 Å². The second-order valence-electron chi connectivity index (χ2n) is 5.53. The van der Waals surface area contributed by atoms with Crippen LogP contribution in [0.25, 0.3) is 0 Å². The molecule has 3 rings (SSSR count). The van der Waals surface area contributed by atoms with Crippen molar-refractivity contribution in [3.05, 3.63) is 42.7 Å². The Bertz CT molecular complexity index is 818. The number of aromatic nitrogens is 1. The van der Waals surface area contributed by atoms with Gasteiger partial charge in [-0.05, 0) is 18.2 Å². The monoisotopic (exact) mass is 348 g/mol. The number of primary sulfonamides is 1. The quantitative estimate of drug-likeness (QED) is 0.889. The molecule has 1 aliphatic heterocycles. The van der Waals surface area contributed by atoms with Crippen LogP contribution in [0.2, 0.25) is 0 Å². The first-order valence-corrected chi connectivity index (χ1v) is 9.15. The summed E-state index contributed by atoms with van der Waals surface area (Å²) in [5, 5.41) is 5.30. The molecule has 2 heterocycles. The number of para-hydroxylation sites is 2. The summed E-state index contributed by atoms with van der Waals surface area (Å²) in [6.07, 6.45) is 2.88. The van der Waals surface area contributed by atoms with E-state index in [1.807, 2.05) is 29.2 Å². The molecule has 24 heavy (non-hydrogen) atoms. The number of benzene rings is 1. The van der Waals surface area contributed by atoms with Crippen LogP contribution in [0.15, 0.2) is 47.6 Å². The van der Waals surface area contributed by atoms with E-state index in [4.69, 9.17) is 9.88 Å². The predicted octanol–water partition coefficient (Wildman–Crippen LogP) is 1.06. The van der Waals surface area contributed by atoms with E-state index in [9.17, 15) is 8.42 Å². The molecule has 1 saturated heterocycles. The Kier molecular flexibility index (Phi) is 4.59. The van der Waals surface area contributed by atoms with Crippen molar-refractivity contribution in [3.8, 4) is 5.75 Å². The van der Waals surface area contributed by atoms with Gasteiger partial charge in [0.2, 0.25) is 10.0 Å². The van der Waals surface area contributed by atoms with E-state index in [1.165, 1.54) is 6.20 Å². The number of methoxy groups -OCH3 is 1. The second kappa shape index (κ2) is 6.66. The molecule has 0 spiro atoms. The number of ether oxygens (including phenoxy) is 1. The van der Waals surface area contributed by atoms with Gasteiger partial charge >= 0.3 is 0 Å². The molecular weight excluding hydrogens is 328 g/mol. The minimum absolute atomic E-state index is 0.0655. The van der Waals surface area contributed by atoms with E-state index < -0.39 is 10.0 Å². The van der Waals surface area contributed by atoms with Crippen LogP contribution < -0.4 is 19.7 Å². The van der Waals surface area contributed by atoms with Crippen molar-refractivity contribution in [1.82, 2.24) is 4.98 Å². The van der Waals surface area contributed by atoms with Gasteiger partial charge in [0, 0.05) is 38.6 Å². The smallest absolute Gasteiger partial charge is 0.241 e. The average molecular weight is 348 g/mol. The molecule has 0 saturated carbocycles. The largest absolute Gasteiger partial charge is 0.495 e. The first-order valence-electron chi connectivity index (χ1n) is 7.60. The molecule has 0 atom stereocenters. The van der Waals surface area contributed by atoms with Gasteiger partial charge in [-0.1, -0.05) is 12.1 Å². The Morgan fingerprint density at radius 2 is 1.67 bits per heavy atom. The van der Waals surface area contributed by atoms with Gasteiger partial charge in [0.05, 0.1) is 18.5 Å². The number of nitrogens with zero attached hydrogens (tertiary/aromatic N) is 3. The summed E-state index contributed by atoms with van der Waals surface area (Å²) in [4.78, 5) is 8.20. The Morgan fingerprint density at radius 3 is 2.29 bits per heavy atom. The lowest BCUT2D eigenvalue weighted by molar-refractivity contribution is 0.413. The molecule has 8 heteroatoms. The third kappa shape index (κ3) is 3.29. The molecule has 0 amide bonds. The number of hydrogen-bond acceptors (Lipinski definition) is 6. The molecular formula is C16H20N4O3S. The molecule has 2 N–H and O–H groups in total. The van der Waals surface area contributed by atoms with Gasteiger partial charge in [-0.15, -0.1) is 0 Å². The molecule has 0 unspecified atom stereocenters. The normalized spacial score (nSPS) is 15.4. The van der Waals surface area contributed by atoms with Crippen LogP contribution in [0, 0.1) is 0 Å². The highest BCUT2D eigenvalue weighted by Crippen LogP contribution is 2.30. The highest BCUT2D eigenvalue weighted by Gasteiger charge is 2.24. The lowest BCUT2D eigenvalue weighted by atomic mass is 10.2. The van der Waals surface area contributed by atoms with Crippen molar-refractivity contribution >= 4 is 21.4 Å². The molecule has 7 nitrogen and oxygen atoms in total. The van der Waals surface area contributed by atoms with Crippen molar-refractivity contribution in [3.63, 3.8) is 0 Å². The zero-order valence-corrected chi connectivity index (χ0v) is 14.2. The van der Waals surface area contributed by atoms with Crippen LogP contribution in [0.3, 0.4) is 0 Å². The highest BCUT2D eigenvalue weighted by atomic mass is 32.2. The molecule has 128 valence electrons. The van der Waals surface area contributed by atoms with Crippen LogP contribution >= 0.6 is 0 Å². The van der Waals surface area contributed by atoms with Crippen molar-refractivity contribution in [2.75, 3.05) is 43.1 Å². The molecule has 0 bridgehead atoms. The summed E-state index contributed by atoms with van der Waals surface area (Å²) in [6, 6.07) is 9.57. The van der Waals surface area contributed by atoms with Crippen LogP contribution in [0.5, 0.6) is 5.75 Å². The van der Waals surface area contributed by atoms with Gasteiger partial charge < -0.3 is 14.5 Å². The Hall–Kier alpha value is -2.32. The second-order valence-corrected chi connectivity index (χ2v) is 7.06. The zero-order valence-electron chi connectivity index (χ0n) is 13.4. The summed E-state index contributed by atoms with van der Waals surface area (Å²) in [6.45, 7) is 2.88. The SMILES string of the molecule is COc1ccccc1N1CCN(c2ccncc2S(N)(=O)=O)CC1. The Balaban J connectivity index is 1.79. The van der Waals surface area contributed by atoms with Gasteiger partial charge in [0.25, 0.3) is 0 Å². The van der Waals surface area contributed by atoms with Crippen molar-refractivity contribution in [2.45, 2.75) is 4.90 Å². The van der Waals surface area contributed by atoms with E-state index in [1.54, 1.807) is 19.4 Å². The number of sulfonamides is 1. The third-order valence-electron chi connectivity index (χ3n) is 4.12. The Labute approximate surface area is 141 Å². The topological polar surface area (TPSA) is 88.8 Å². The fraction of sp³-hybridized carbons (Fsp3) is 0.312. The number of hydrogen-bond donors (Lipinski definition) is 1. The molecule has 1 fully saturated rings. The summed E-state index contributed by atoms with van der Waals surface area (Å²) in [5.74, 6) is 0.833.